The summed E-state index contributed by atoms with van der Waals surface area (Å²) in [7, 11) is 0. The van der Waals surface area contributed by atoms with Gasteiger partial charge in [0.05, 0.1) is 4.92 Å². The van der Waals surface area contributed by atoms with E-state index in [-0.39, 0.29) is 15.6 Å². The van der Waals surface area contributed by atoms with E-state index in [0.29, 0.717) is 17.6 Å². The zero-order valence-corrected chi connectivity index (χ0v) is 12.1. The summed E-state index contributed by atoms with van der Waals surface area (Å²) in [6.07, 6.45) is 3.25. The van der Waals surface area contributed by atoms with Crippen LogP contribution < -0.4 is 4.90 Å². The zero-order valence-electron chi connectivity index (χ0n) is 11.3. The van der Waals surface area contributed by atoms with Crippen LogP contribution in [-0.4, -0.2) is 17.5 Å². The van der Waals surface area contributed by atoms with Crippen LogP contribution in [0.25, 0.3) is 0 Å². The molecule has 0 unspecified atom stereocenters. The van der Waals surface area contributed by atoms with Gasteiger partial charge in [0, 0.05) is 12.6 Å². The van der Waals surface area contributed by atoms with E-state index in [0.717, 1.165) is 25.8 Å². The second-order valence-corrected chi connectivity index (χ2v) is 5.88. The molecular formula is C14H19ClN2O2. The summed E-state index contributed by atoms with van der Waals surface area (Å²) >= 11 is 5.99. The Morgan fingerprint density at radius 1 is 1.47 bits per heavy atom. The van der Waals surface area contributed by atoms with Gasteiger partial charge in [-0.3, -0.25) is 10.1 Å². The van der Waals surface area contributed by atoms with Crippen LogP contribution in [0.4, 0.5) is 11.4 Å². The van der Waals surface area contributed by atoms with E-state index in [1.807, 2.05) is 6.07 Å². The van der Waals surface area contributed by atoms with Crippen LogP contribution in [0.2, 0.25) is 5.02 Å². The Labute approximate surface area is 118 Å². The van der Waals surface area contributed by atoms with E-state index in [1.165, 1.54) is 0 Å². The highest BCUT2D eigenvalue weighted by atomic mass is 35.5. The Bertz CT molecular complexity index is 473. The van der Waals surface area contributed by atoms with Crippen molar-refractivity contribution in [3.63, 3.8) is 0 Å². The lowest BCUT2D eigenvalue weighted by molar-refractivity contribution is -0.384. The molecule has 0 saturated heterocycles. The summed E-state index contributed by atoms with van der Waals surface area (Å²) in [5.41, 5.74) is 0.709. The molecular weight excluding hydrogens is 264 g/mol. The molecule has 0 aliphatic heterocycles. The number of hydrogen-bond acceptors (Lipinski definition) is 3. The standard InChI is InChI=1S/C14H19ClN2O2/c1-10(2)8-9-16(11-6-7-11)13-5-3-4-12(15)14(13)17(18)19/h3-5,10-11H,6-9H2,1-2H3. The predicted octanol–water partition coefficient (Wildman–Crippen LogP) is 4.26. The van der Waals surface area contributed by atoms with Crippen LogP contribution in [-0.2, 0) is 0 Å². The number of hydrogen-bond donors (Lipinski definition) is 0. The van der Waals surface area contributed by atoms with Gasteiger partial charge in [-0.1, -0.05) is 31.5 Å². The van der Waals surface area contributed by atoms with Crippen molar-refractivity contribution in [2.24, 2.45) is 5.92 Å². The Hall–Kier alpha value is -1.29. The quantitative estimate of drug-likeness (QED) is 0.578. The van der Waals surface area contributed by atoms with Crippen LogP contribution in [0.1, 0.15) is 33.1 Å². The van der Waals surface area contributed by atoms with Gasteiger partial charge in [-0.15, -0.1) is 0 Å². The van der Waals surface area contributed by atoms with E-state index < -0.39 is 0 Å². The van der Waals surface area contributed by atoms with Gasteiger partial charge in [0.1, 0.15) is 10.7 Å². The van der Waals surface area contributed by atoms with Gasteiger partial charge >= 0.3 is 5.69 Å². The average molecular weight is 283 g/mol. The summed E-state index contributed by atoms with van der Waals surface area (Å²) < 4.78 is 0. The first-order valence-electron chi connectivity index (χ1n) is 6.70. The molecule has 1 aliphatic rings. The van der Waals surface area contributed by atoms with E-state index >= 15 is 0 Å². The smallest absolute Gasteiger partial charge is 0.310 e. The van der Waals surface area contributed by atoms with Crippen molar-refractivity contribution < 1.29 is 4.92 Å². The highest BCUT2D eigenvalue weighted by Gasteiger charge is 2.33. The van der Waals surface area contributed by atoms with Crippen LogP contribution in [0.3, 0.4) is 0 Å². The summed E-state index contributed by atoms with van der Waals surface area (Å²) in [4.78, 5) is 13.0. The molecule has 0 spiro atoms. The molecule has 19 heavy (non-hydrogen) atoms. The van der Waals surface area contributed by atoms with Crippen molar-refractivity contribution in [2.45, 2.75) is 39.2 Å². The second-order valence-electron chi connectivity index (χ2n) is 5.47. The third kappa shape index (κ3) is 3.38. The third-order valence-electron chi connectivity index (χ3n) is 3.39. The highest BCUT2D eigenvalue weighted by Crippen LogP contribution is 2.40. The molecule has 0 amide bonds. The van der Waals surface area contributed by atoms with E-state index in [2.05, 4.69) is 18.7 Å². The van der Waals surface area contributed by atoms with Gasteiger partial charge < -0.3 is 4.90 Å². The number of nitro benzene ring substituents is 1. The topological polar surface area (TPSA) is 46.4 Å². The van der Waals surface area contributed by atoms with Crippen molar-refractivity contribution in [1.29, 1.82) is 0 Å². The molecule has 1 aliphatic carbocycles. The van der Waals surface area contributed by atoms with Crippen LogP contribution >= 0.6 is 11.6 Å². The maximum absolute atomic E-state index is 11.2. The molecule has 1 saturated carbocycles. The maximum Gasteiger partial charge on any atom is 0.310 e. The fourth-order valence-electron chi connectivity index (χ4n) is 2.20. The van der Waals surface area contributed by atoms with Crippen molar-refractivity contribution >= 4 is 23.0 Å². The normalized spacial score (nSPS) is 14.7. The predicted molar refractivity (Wildman–Crippen MR) is 77.9 cm³/mol. The molecule has 0 aromatic heterocycles. The number of halogens is 1. The van der Waals surface area contributed by atoms with Gasteiger partial charge in [-0.2, -0.15) is 0 Å². The van der Waals surface area contributed by atoms with E-state index in [4.69, 9.17) is 11.6 Å². The molecule has 104 valence electrons. The minimum absolute atomic E-state index is 0.0415. The number of benzene rings is 1. The molecule has 1 aromatic rings. The first-order valence-corrected chi connectivity index (χ1v) is 7.08. The highest BCUT2D eigenvalue weighted by molar-refractivity contribution is 6.33. The summed E-state index contributed by atoms with van der Waals surface area (Å²) in [5, 5.41) is 11.4. The number of rotatable bonds is 6. The van der Waals surface area contributed by atoms with Crippen molar-refractivity contribution in [2.75, 3.05) is 11.4 Å². The number of nitro groups is 1. The second kappa shape index (κ2) is 5.78. The first-order chi connectivity index (χ1) is 9.00. The Balaban J connectivity index is 2.31. The Morgan fingerprint density at radius 2 is 2.16 bits per heavy atom. The minimum Gasteiger partial charge on any atom is -0.363 e. The van der Waals surface area contributed by atoms with Crippen LogP contribution in [0.5, 0.6) is 0 Å². The number of anilines is 1. The number of nitrogens with zero attached hydrogens (tertiary/aromatic N) is 2. The maximum atomic E-state index is 11.2. The van der Waals surface area contributed by atoms with Gasteiger partial charge in [0.2, 0.25) is 0 Å². The van der Waals surface area contributed by atoms with Gasteiger partial charge in [-0.05, 0) is 37.3 Å². The zero-order chi connectivity index (χ0) is 14.0. The Morgan fingerprint density at radius 3 is 2.68 bits per heavy atom. The van der Waals surface area contributed by atoms with Crippen molar-refractivity contribution in [1.82, 2.24) is 0 Å². The molecule has 0 N–H and O–H groups in total. The Kier molecular flexibility index (Phi) is 4.30. The molecule has 0 radical (unpaired) electrons. The molecule has 4 nitrogen and oxygen atoms in total. The average Bonchev–Trinajstić information content (AvgIpc) is 3.12. The molecule has 1 aromatic carbocycles. The molecule has 0 atom stereocenters. The lowest BCUT2D eigenvalue weighted by Crippen LogP contribution is -2.28. The number of para-hydroxylation sites is 1. The van der Waals surface area contributed by atoms with E-state index in [1.54, 1.807) is 12.1 Å². The third-order valence-corrected chi connectivity index (χ3v) is 3.70. The van der Waals surface area contributed by atoms with Crippen molar-refractivity contribution in [3.8, 4) is 0 Å². The van der Waals surface area contributed by atoms with Crippen LogP contribution in [0.15, 0.2) is 18.2 Å². The molecule has 1 fully saturated rings. The van der Waals surface area contributed by atoms with Gasteiger partial charge in [0.15, 0.2) is 0 Å². The molecule has 0 bridgehead atoms. The monoisotopic (exact) mass is 282 g/mol. The van der Waals surface area contributed by atoms with Crippen molar-refractivity contribution in [3.05, 3.63) is 33.3 Å². The molecule has 5 heteroatoms. The summed E-state index contributed by atoms with van der Waals surface area (Å²) in [6, 6.07) is 5.62. The fourth-order valence-corrected chi connectivity index (χ4v) is 2.44. The lowest BCUT2D eigenvalue weighted by atomic mass is 10.1. The summed E-state index contributed by atoms with van der Waals surface area (Å²) in [5.74, 6) is 0.583. The van der Waals surface area contributed by atoms with Gasteiger partial charge in [0.25, 0.3) is 0 Å². The summed E-state index contributed by atoms with van der Waals surface area (Å²) in [6.45, 7) is 5.18. The SMILES string of the molecule is CC(C)CCN(c1cccc(Cl)c1[N+](=O)[O-])C1CC1. The van der Waals surface area contributed by atoms with Gasteiger partial charge in [-0.25, -0.2) is 0 Å². The largest absolute Gasteiger partial charge is 0.363 e. The van der Waals surface area contributed by atoms with E-state index in [9.17, 15) is 10.1 Å². The first kappa shape index (κ1) is 14.1. The fraction of sp³-hybridized carbons (Fsp3) is 0.571. The molecule has 0 heterocycles. The molecule has 2 rings (SSSR count). The lowest BCUT2D eigenvalue weighted by Gasteiger charge is -2.25. The van der Waals surface area contributed by atoms with Crippen LogP contribution in [0, 0.1) is 16.0 Å². The minimum atomic E-state index is -0.373.